The minimum Gasteiger partial charge on any atom is -0.380 e. The molecule has 3 heterocycles. The lowest BCUT2D eigenvalue weighted by atomic mass is 9.81. The number of hydrogen-bond acceptors (Lipinski definition) is 5. The molecule has 3 saturated heterocycles. The summed E-state index contributed by atoms with van der Waals surface area (Å²) in [5, 5.41) is 13.3. The van der Waals surface area contributed by atoms with Gasteiger partial charge in [0.2, 0.25) is 0 Å². The fraction of sp³-hybridized carbons (Fsp3) is 0.696. The number of ether oxygens (including phenoxy) is 1. The van der Waals surface area contributed by atoms with Crippen molar-refractivity contribution in [3.63, 3.8) is 0 Å². The summed E-state index contributed by atoms with van der Waals surface area (Å²) in [5.41, 5.74) is 1.57. The van der Waals surface area contributed by atoms with E-state index in [0.717, 1.165) is 45.8 Å². The third-order valence-electron chi connectivity index (χ3n) is 7.46. The summed E-state index contributed by atoms with van der Waals surface area (Å²) in [6.45, 7) is 6.11. The van der Waals surface area contributed by atoms with Gasteiger partial charge in [-0.15, -0.1) is 0 Å². The Morgan fingerprint density at radius 2 is 1.93 bits per heavy atom. The monoisotopic (exact) mass is 380 g/mol. The smallest absolute Gasteiger partial charge is 0.0642 e. The number of rotatable bonds is 6. The van der Waals surface area contributed by atoms with Crippen LogP contribution < -0.4 is 5.32 Å². The third-order valence-corrected chi connectivity index (χ3v) is 7.46. The maximum absolute atomic E-state index is 9.43. The molecule has 5 nitrogen and oxygen atoms in total. The Morgan fingerprint density at radius 3 is 2.61 bits per heavy atom. The first kappa shape index (κ1) is 18.6. The van der Waals surface area contributed by atoms with Crippen molar-refractivity contribution >= 4 is 0 Å². The van der Waals surface area contributed by atoms with E-state index in [1.165, 1.54) is 24.8 Å². The van der Waals surface area contributed by atoms with Crippen LogP contribution in [0.5, 0.6) is 0 Å². The van der Waals surface area contributed by atoms with Crippen molar-refractivity contribution in [2.75, 3.05) is 39.4 Å². The first-order valence-electron chi connectivity index (χ1n) is 11.0. The van der Waals surface area contributed by atoms with Gasteiger partial charge in [0.15, 0.2) is 0 Å². The van der Waals surface area contributed by atoms with E-state index < -0.39 is 0 Å². The molecular formula is C23H32N4O. The highest BCUT2D eigenvalue weighted by Gasteiger charge is 2.50. The molecular weight excluding hydrogens is 348 g/mol. The Bertz CT molecular complexity index is 697. The molecule has 1 aromatic carbocycles. The molecule has 5 heteroatoms. The highest BCUT2D eigenvalue weighted by molar-refractivity contribution is 5.27. The van der Waals surface area contributed by atoms with Crippen LogP contribution in [0.25, 0.3) is 0 Å². The van der Waals surface area contributed by atoms with E-state index >= 15 is 0 Å². The van der Waals surface area contributed by atoms with Gasteiger partial charge in [-0.05, 0) is 31.2 Å². The quantitative estimate of drug-likeness (QED) is 0.821. The molecule has 1 aromatic rings. The van der Waals surface area contributed by atoms with Gasteiger partial charge in [-0.3, -0.25) is 9.80 Å². The summed E-state index contributed by atoms with van der Waals surface area (Å²) in [5.74, 6) is 0.706. The lowest BCUT2D eigenvalue weighted by molar-refractivity contribution is -0.0825. The van der Waals surface area contributed by atoms with E-state index in [0.29, 0.717) is 30.5 Å². The molecule has 3 aliphatic heterocycles. The highest BCUT2D eigenvalue weighted by atomic mass is 16.5. The Balaban J connectivity index is 1.11. The number of nitrogens with one attached hydrogen (secondary N) is 1. The molecule has 5 rings (SSSR count). The Hall–Kier alpha value is -1.45. The summed E-state index contributed by atoms with van der Waals surface area (Å²) in [4.78, 5) is 5.17. The lowest BCUT2D eigenvalue weighted by Crippen LogP contribution is -2.73. The van der Waals surface area contributed by atoms with Crippen molar-refractivity contribution in [2.45, 2.75) is 61.7 Å². The van der Waals surface area contributed by atoms with E-state index in [9.17, 15) is 5.26 Å². The van der Waals surface area contributed by atoms with Crippen LogP contribution in [-0.2, 0) is 4.74 Å². The van der Waals surface area contributed by atoms with E-state index in [4.69, 9.17) is 4.74 Å². The summed E-state index contributed by atoms with van der Waals surface area (Å²) in [6, 6.07) is 15.3. The van der Waals surface area contributed by atoms with E-state index in [-0.39, 0.29) is 5.54 Å². The van der Waals surface area contributed by atoms with Gasteiger partial charge in [0.1, 0.15) is 0 Å². The molecule has 4 fully saturated rings. The van der Waals surface area contributed by atoms with E-state index in [1.807, 2.05) is 0 Å². The standard InChI is InChI=1S/C23H32N4O/c24-10-9-23(16-26(17-23)20-8-13-28-15-20)27-11-6-19(7-12-27)25-22-14-21(22)18-4-2-1-3-5-18/h1-5,19-22,25H,6-9,11-17H2/t20?,21?,22-/m1/s1. The molecule has 0 bridgehead atoms. The van der Waals surface area contributed by atoms with Crippen LogP contribution in [0.2, 0.25) is 0 Å². The number of nitrogens with zero attached hydrogens (tertiary/aromatic N) is 3. The minimum atomic E-state index is 0.0917. The van der Waals surface area contributed by atoms with Crippen LogP contribution in [0.1, 0.15) is 43.6 Å². The van der Waals surface area contributed by atoms with Gasteiger partial charge < -0.3 is 10.1 Å². The van der Waals surface area contributed by atoms with Gasteiger partial charge in [-0.25, -0.2) is 0 Å². The summed E-state index contributed by atoms with van der Waals surface area (Å²) in [6.07, 6.45) is 5.50. The van der Waals surface area contributed by atoms with Crippen LogP contribution in [0.4, 0.5) is 0 Å². The first-order chi connectivity index (χ1) is 13.8. The summed E-state index contributed by atoms with van der Waals surface area (Å²) in [7, 11) is 0. The van der Waals surface area contributed by atoms with Gasteiger partial charge >= 0.3 is 0 Å². The Labute approximate surface area is 168 Å². The zero-order chi connectivity index (χ0) is 19.0. The van der Waals surface area contributed by atoms with Crippen molar-refractivity contribution in [3.8, 4) is 6.07 Å². The number of benzene rings is 1. The fourth-order valence-corrected chi connectivity index (χ4v) is 5.62. The lowest BCUT2D eigenvalue weighted by Gasteiger charge is -2.58. The predicted molar refractivity (Wildman–Crippen MR) is 109 cm³/mol. The normalized spacial score (nSPS) is 33.3. The second kappa shape index (κ2) is 7.76. The van der Waals surface area contributed by atoms with Gasteiger partial charge in [0.25, 0.3) is 0 Å². The molecule has 4 aliphatic rings. The Kier molecular flexibility index (Phi) is 5.15. The van der Waals surface area contributed by atoms with Gasteiger partial charge in [-0.1, -0.05) is 30.3 Å². The SMILES string of the molecule is N#CCC1(N2CCC(N[C@@H]3CC3c3ccccc3)CC2)CN(C2CCOC2)C1. The topological polar surface area (TPSA) is 51.5 Å². The van der Waals surface area contributed by atoms with Crippen molar-refractivity contribution < 1.29 is 4.74 Å². The molecule has 150 valence electrons. The average Bonchev–Trinajstić information content (AvgIpc) is 3.25. The van der Waals surface area contributed by atoms with Crippen LogP contribution in [0, 0.1) is 11.3 Å². The second-order valence-corrected chi connectivity index (χ2v) is 9.27. The van der Waals surface area contributed by atoms with Crippen molar-refractivity contribution in [2.24, 2.45) is 0 Å². The number of piperidine rings is 1. The average molecular weight is 381 g/mol. The van der Waals surface area contributed by atoms with Crippen molar-refractivity contribution in [3.05, 3.63) is 35.9 Å². The van der Waals surface area contributed by atoms with Gasteiger partial charge in [-0.2, -0.15) is 5.26 Å². The zero-order valence-electron chi connectivity index (χ0n) is 16.7. The van der Waals surface area contributed by atoms with Crippen LogP contribution >= 0.6 is 0 Å². The van der Waals surface area contributed by atoms with Crippen molar-refractivity contribution in [1.29, 1.82) is 5.26 Å². The largest absolute Gasteiger partial charge is 0.380 e. The molecule has 3 atom stereocenters. The predicted octanol–water partition coefficient (Wildman–Crippen LogP) is 2.35. The minimum absolute atomic E-state index is 0.0917. The molecule has 28 heavy (non-hydrogen) atoms. The highest BCUT2D eigenvalue weighted by Crippen LogP contribution is 2.42. The number of nitriles is 1. The second-order valence-electron chi connectivity index (χ2n) is 9.27. The molecule has 1 saturated carbocycles. The first-order valence-corrected chi connectivity index (χ1v) is 11.0. The zero-order valence-corrected chi connectivity index (χ0v) is 16.7. The van der Waals surface area contributed by atoms with Crippen LogP contribution in [-0.4, -0.2) is 72.9 Å². The molecule has 1 aliphatic carbocycles. The number of hydrogen-bond donors (Lipinski definition) is 1. The van der Waals surface area contributed by atoms with E-state index in [1.54, 1.807) is 0 Å². The summed E-state index contributed by atoms with van der Waals surface area (Å²) >= 11 is 0. The van der Waals surface area contributed by atoms with Gasteiger partial charge in [0.05, 0.1) is 24.6 Å². The molecule has 0 aromatic heterocycles. The number of likely N-dealkylation sites (tertiary alicyclic amines) is 2. The molecule has 0 spiro atoms. The third kappa shape index (κ3) is 3.59. The van der Waals surface area contributed by atoms with E-state index in [2.05, 4.69) is 51.5 Å². The van der Waals surface area contributed by atoms with Gasteiger partial charge in [0, 0.05) is 56.8 Å². The maximum atomic E-state index is 9.43. The molecule has 1 N–H and O–H groups in total. The van der Waals surface area contributed by atoms with Crippen LogP contribution in [0.15, 0.2) is 30.3 Å². The molecule has 0 amide bonds. The van der Waals surface area contributed by atoms with Crippen molar-refractivity contribution in [1.82, 2.24) is 15.1 Å². The summed E-state index contributed by atoms with van der Waals surface area (Å²) < 4.78 is 5.56. The van der Waals surface area contributed by atoms with Crippen LogP contribution in [0.3, 0.4) is 0 Å². The molecule has 0 radical (unpaired) electrons. The molecule has 2 unspecified atom stereocenters. The Morgan fingerprint density at radius 1 is 1.14 bits per heavy atom. The maximum Gasteiger partial charge on any atom is 0.0642 e. The fourth-order valence-electron chi connectivity index (χ4n) is 5.62.